The van der Waals surface area contributed by atoms with Gasteiger partial charge in [-0.3, -0.25) is 4.79 Å². The van der Waals surface area contributed by atoms with Gasteiger partial charge in [0.25, 0.3) is 0 Å². The zero-order valence-corrected chi connectivity index (χ0v) is 13.8. The average Bonchev–Trinajstić information content (AvgIpc) is 2.81. The summed E-state index contributed by atoms with van der Waals surface area (Å²) in [5.74, 6) is -0.873. The molecule has 22 heavy (non-hydrogen) atoms. The highest BCUT2D eigenvalue weighted by Gasteiger charge is 2.20. The van der Waals surface area contributed by atoms with Gasteiger partial charge < -0.3 is 19.7 Å². The molecule has 1 heterocycles. The monoisotopic (exact) mass is 310 g/mol. The van der Waals surface area contributed by atoms with E-state index in [1.54, 1.807) is 20.8 Å². The summed E-state index contributed by atoms with van der Waals surface area (Å²) in [7, 11) is 0. The maximum Gasteiger partial charge on any atom is 0.407 e. The molecule has 0 saturated carbocycles. The largest absolute Gasteiger partial charge is 0.481 e. The van der Waals surface area contributed by atoms with Gasteiger partial charge >= 0.3 is 12.1 Å². The molecule has 0 spiro atoms. The van der Waals surface area contributed by atoms with E-state index >= 15 is 0 Å². The molecule has 0 aliphatic heterocycles. The van der Waals surface area contributed by atoms with Crippen LogP contribution in [0.3, 0.4) is 0 Å². The van der Waals surface area contributed by atoms with Crippen LogP contribution in [-0.4, -0.2) is 33.4 Å². The number of nitrogens with one attached hydrogen (secondary N) is 1. The molecule has 0 bridgehead atoms. The third-order valence-corrected chi connectivity index (χ3v) is 3.09. The molecule has 6 nitrogen and oxygen atoms in total. The van der Waals surface area contributed by atoms with Crippen LogP contribution >= 0.6 is 0 Å². The SMILES string of the molecule is CCn1ccc(CC(CCC(=O)O)NC(=O)OC(C)(C)C)c1. The Morgan fingerprint density at radius 1 is 1.41 bits per heavy atom. The topological polar surface area (TPSA) is 80.6 Å². The number of hydrogen-bond acceptors (Lipinski definition) is 3. The van der Waals surface area contributed by atoms with Crippen LogP contribution in [0, 0.1) is 0 Å². The lowest BCUT2D eigenvalue weighted by atomic mass is 10.0. The van der Waals surface area contributed by atoms with Crippen molar-refractivity contribution in [1.82, 2.24) is 9.88 Å². The number of nitrogens with zero attached hydrogens (tertiary/aromatic N) is 1. The first kappa shape index (κ1) is 18.1. The van der Waals surface area contributed by atoms with Crippen LogP contribution in [0.25, 0.3) is 0 Å². The molecule has 0 aliphatic carbocycles. The van der Waals surface area contributed by atoms with Gasteiger partial charge in [-0.2, -0.15) is 0 Å². The Bertz CT molecular complexity index is 502. The molecule has 1 rings (SSSR count). The molecule has 0 saturated heterocycles. The second-order valence-corrected chi connectivity index (χ2v) is 6.33. The first-order valence-electron chi connectivity index (χ1n) is 7.55. The standard InChI is InChI=1S/C16H26N2O4/c1-5-18-9-8-12(11-18)10-13(6-7-14(19)20)17-15(21)22-16(2,3)4/h8-9,11,13H,5-7,10H2,1-4H3,(H,17,21)(H,19,20). The van der Waals surface area contributed by atoms with Crippen LogP contribution in [0.15, 0.2) is 18.5 Å². The number of hydrogen-bond donors (Lipinski definition) is 2. The predicted molar refractivity (Wildman–Crippen MR) is 83.8 cm³/mol. The summed E-state index contributed by atoms with van der Waals surface area (Å²) in [4.78, 5) is 22.7. The number of alkyl carbamates (subject to hydrolysis) is 1. The van der Waals surface area contributed by atoms with Gasteiger partial charge in [-0.05, 0) is 52.2 Å². The number of carbonyl (C=O) groups is 2. The predicted octanol–water partition coefficient (Wildman–Crippen LogP) is 2.81. The minimum absolute atomic E-state index is 0.00888. The highest BCUT2D eigenvalue weighted by atomic mass is 16.6. The smallest absolute Gasteiger partial charge is 0.407 e. The van der Waals surface area contributed by atoms with Crippen molar-refractivity contribution in [2.75, 3.05) is 0 Å². The van der Waals surface area contributed by atoms with Gasteiger partial charge in [-0.1, -0.05) is 0 Å². The Hall–Kier alpha value is -1.98. The molecule has 1 amide bonds. The summed E-state index contributed by atoms with van der Waals surface area (Å²) < 4.78 is 7.28. The number of carboxylic acids is 1. The summed E-state index contributed by atoms with van der Waals surface area (Å²) in [6.07, 6.45) is 4.42. The molecule has 6 heteroatoms. The molecule has 1 atom stereocenters. The first-order chi connectivity index (χ1) is 10.2. The zero-order chi connectivity index (χ0) is 16.8. The Balaban J connectivity index is 2.66. The van der Waals surface area contributed by atoms with Crippen molar-refractivity contribution in [2.45, 2.75) is 65.1 Å². The van der Waals surface area contributed by atoms with Crippen molar-refractivity contribution in [3.63, 3.8) is 0 Å². The summed E-state index contributed by atoms with van der Waals surface area (Å²) >= 11 is 0. The molecule has 0 radical (unpaired) electrons. The summed E-state index contributed by atoms with van der Waals surface area (Å²) in [6.45, 7) is 8.30. The fourth-order valence-corrected chi connectivity index (χ4v) is 2.09. The van der Waals surface area contributed by atoms with Crippen LogP contribution in [0.5, 0.6) is 0 Å². The van der Waals surface area contributed by atoms with Crippen molar-refractivity contribution in [3.05, 3.63) is 24.0 Å². The van der Waals surface area contributed by atoms with Gasteiger partial charge in [0.15, 0.2) is 0 Å². The third kappa shape index (κ3) is 7.15. The van der Waals surface area contributed by atoms with E-state index in [2.05, 4.69) is 5.32 Å². The lowest BCUT2D eigenvalue weighted by Gasteiger charge is -2.23. The molecular formula is C16H26N2O4. The second kappa shape index (κ2) is 7.87. The highest BCUT2D eigenvalue weighted by molar-refractivity contribution is 5.69. The molecule has 2 N–H and O–H groups in total. The molecule has 1 aromatic heterocycles. The normalized spacial score (nSPS) is 12.7. The van der Waals surface area contributed by atoms with Crippen molar-refractivity contribution < 1.29 is 19.4 Å². The number of rotatable bonds is 7. The van der Waals surface area contributed by atoms with E-state index in [1.807, 2.05) is 30.0 Å². The third-order valence-electron chi connectivity index (χ3n) is 3.09. The van der Waals surface area contributed by atoms with Gasteiger partial charge in [0.2, 0.25) is 0 Å². The molecule has 1 aromatic rings. The Morgan fingerprint density at radius 2 is 2.09 bits per heavy atom. The van der Waals surface area contributed by atoms with Crippen LogP contribution in [0.2, 0.25) is 0 Å². The summed E-state index contributed by atoms with van der Waals surface area (Å²) in [5.41, 5.74) is 0.487. The van der Waals surface area contributed by atoms with Crippen LogP contribution in [0.4, 0.5) is 4.79 Å². The molecular weight excluding hydrogens is 284 g/mol. The molecule has 124 valence electrons. The van der Waals surface area contributed by atoms with Gasteiger partial charge in [0.1, 0.15) is 5.60 Å². The Labute approximate surface area is 131 Å². The zero-order valence-electron chi connectivity index (χ0n) is 13.8. The van der Waals surface area contributed by atoms with Crippen molar-refractivity contribution in [2.24, 2.45) is 0 Å². The first-order valence-corrected chi connectivity index (χ1v) is 7.55. The molecule has 0 fully saturated rings. The number of aromatic nitrogens is 1. The van der Waals surface area contributed by atoms with Crippen molar-refractivity contribution in [1.29, 1.82) is 0 Å². The Morgan fingerprint density at radius 3 is 2.59 bits per heavy atom. The van der Waals surface area contributed by atoms with Crippen LogP contribution < -0.4 is 5.32 Å². The summed E-state index contributed by atoms with van der Waals surface area (Å²) in [5, 5.41) is 11.6. The van der Waals surface area contributed by atoms with Gasteiger partial charge in [-0.25, -0.2) is 4.79 Å². The maximum absolute atomic E-state index is 11.9. The quantitative estimate of drug-likeness (QED) is 0.811. The number of amides is 1. The summed E-state index contributed by atoms with van der Waals surface area (Å²) in [6, 6.07) is 1.72. The van der Waals surface area contributed by atoms with Gasteiger partial charge in [-0.15, -0.1) is 0 Å². The molecule has 0 aromatic carbocycles. The van der Waals surface area contributed by atoms with E-state index in [9.17, 15) is 9.59 Å². The van der Waals surface area contributed by atoms with Crippen LogP contribution in [0.1, 0.15) is 46.1 Å². The Kier molecular flexibility index (Phi) is 6.46. The minimum atomic E-state index is -0.873. The van der Waals surface area contributed by atoms with Crippen molar-refractivity contribution in [3.8, 4) is 0 Å². The van der Waals surface area contributed by atoms with E-state index in [4.69, 9.17) is 9.84 Å². The molecule has 0 aliphatic rings. The van der Waals surface area contributed by atoms with Gasteiger partial charge in [0, 0.05) is 31.4 Å². The number of ether oxygens (including phenoxy) is 1. The fourth-order valence-electron chi connectivity index (χ4n) is 2.09. The van der Waals surface area contributed by atoms with E-state index in [1.165, 1.54) is 0 Å². The second-order valence-electron chi connectivity index (χ2n) is 6.33. The number of carboxylic acid groups (broad SMARTS) is 1. The van der Waals surface area contributed by atoms with Crippen molar-refractivity contribution >= 4 is 12.1 Å². The number of carbonyl (C=O) groups excluding carboxylic acids is 1. The van der Waals surface area contributed by atoms with E-state index < -0.39 is 17.7 Å². The van der Waals surface area contributed by atoms with E-state index in [0.717, 1.165) is 12.1 Å². The van der Waals surface area contributed by atoms with E-state index in [-0.39, 0.29) is 12.5 Å². The van der Waals surface area contributed by atoms with Gasteiger partial charge in [0.05, 0.1) is 0 Å². The number of aliphatic carboxylic acids is 1. The highest BCUT2D eigenvalue weighted by Crippen LogP contribution is 2.11. The number of aryl methyl sites for hydroxylation is 1. The fraction of sp³-hybridized carbons (Fsp3) is 0.625. The minimum Gasteiger partial charge on any atom is -0.481 e. The van der Waals surface area contributed by atoms with E-state index in [0.29, 0.717) is 12.8 Å². The lowest BCUT2D eigenvalue weighted by molar-refractivity contribution is -0.137. The maximum atomic E-state index is 11.9. The van der Waals surface area contributed by atoms with Crippen LogP contribution in [-0.2, 0) is 22.5 Å². The lowest BCUT2D eigenvalue weighted by Crippen LogP contribution is -2.40. The average molecular weight is 310 g/mol. The molecule has 1 unspecified atom stereocenters.